The van der Waals surface area contributed by atoms with E-state index in [-0.39, 0.29) is 0 Å². The lowest BCUT2D eigenvalue weighted by Gasteiger charge is -2.13. The van der Waals surface area contributed by atoms with E-state index in [1.807, 2.05) is 37.3 Å². The second-order valence-electron chi connectivity index (χ2n) is 7.87. The third kappa shape index (κ3) is 4.59. The van der Waals surface area contributed by atoms with Gasteiger partial charge in [-0.3, -0.25) is 0 Å². The Balaban J connectivity index is 1.68. The van der Waals surface area contributed by atoms with Gasteiger partial charge in [-0.1, -0.05) is 59.8 Å². The molecule has 0 saturated carbocycles. The Bertz CT molecular complexity index is 1240. The number of oxime groups is 1. The number of hydrogen-bond acceptors (Lipinski definition) is 3. The molecule has 4 rings (SSSR count). The topological polar surface area (TPSA) is 35.8 Å². The molecular weight excluding hydrogens is 396 g/mol. The van der Waals surface area contributed by atoms with Crippen LogP contribution >= 0.6 is 0 Å². The fourth-order valence-electron chi connectivity index (χ4n) is 3.91. The highest BCUT2D eigenvalue weighted by atomic mass is 16.6. The van der Waals surface area contributed by atoms with Crippen molar-refractivity contribution in [1.82, 2.24) is 4.57 Å². The summed E-state index contributed by atoms with van der Waals surface area (Å²) >= 11 is 0. The quantitative estimate of drug-likeness (QED) is 0.244. The van der Waals surface area contributed by atoms with Crippen LogP contribution in [-0.4, -0.2) is 17.4 Å². The maximum Gasteiger partial charge on any atom is 0.142 e. The van der Waals surface area contributed by atoms with Crippen molar-refractivity contribution in [2.75, 3.05) is 7.11 Å². The van der Waals surface area contributed by atoms with Crippen molar-refractivity contribution < 1.29 is 9.57 Å². The summed E-state index contributed by atoms with van der Waals surface area (Å²) in [5.74, 6) is 0.811. The minimum atomic E-state index is 0.387. The lowest BCUT2D eigenvalue weighted by molar-refractivity contribution is 0.130. The monoisotopic (exact) mass is 424 g/mol. The Morgan fingerprint density at radius 3 is 2.41 bits per heavy atom. The van der Waals surface area contributed by atoms with Gasteiger partial charge in [0.15, 0.2) is 0 Å². The van der Waals surface area contributed by atoms with Crippen molar-refractivity contribution in [3.8, 4) is 22.7 Å². The van der Waals surface area contributed by atoms with E-state index >= 15 is 0 Å². The van der Waals surface area contributed by atoms with Crippen LogP contribution in [0.15, 0.2) is 90.1 Å². The molecule has 162 valence electrons. The Labute approximate surface area is 189 Å². The molecule has 3 aromatic carbocycles. The van der Waals surface area contributed by atoms with E-state index in [9.17, 15) is 0 Å². The minimum Gasteiger partial charge on any atom is -0.497 e. The van der Waals surface area contributed by atoms with Crippen LogP contribution in [0.5, 0.6) is 5.75 Å². The first-order chi connectivity index (χ1) is 15.6. The molecular formula is C28H28N2O2. The first-order valence-electron chi connectivity index (χ1n) is 10.7. The average Bonchev–Trinajstić information content (AvgIpc) is 3.17. The fourth-order valence-corrected chi connectivity index (χ4v) is 3.91. The van der Waals surface area contributed by atoms with Gasteiger partial charge < -0.3 is 14.1 Å². The molecule has 0 aliphatic heterocycles. The molecule has 0 unspecified atom stereocenters. The summed E-state index contributed by atoms with van der Waals surface area (Å²) in [5, 5.41) is 4.43. The fraction of sp³-hybridized carbons (Fsp3) is 0.179. The van der Waals surface area contributed by atoms with E-state index in [4.69, 9.17) is 9.57 Å². The van der Waals surface area contributed by atoms with Crippen LogP contribution in [0.4, 0.5) is 0 Å². The zero-order valence-corrected chi connectivity index (χ0v) is 19.0. The number of aromatic nitrogens is 1. The standard InChI is InChI=1S/C28H28N2O2/c1-20-10-8-14-25(16-20)30-22(3)27(18-28(30)24-12-6-5-7-13-24)21(2)29-32-19-23-11-9-15-26(17-23)31-4/h5-18H,19H2,1-4H3/b29-21+. The van der Waals surface area contributed by atoms with Crippen LogP contribution < -0.4 is 4.74 Å². The van der Waals surface area contributed by atoms with Crippen LogP contribution in [0.2, 0.25) is 0 Å². The van der Waals surface area contributed by atoms with Crippen LogP contribution in [0.25, 0.3) is 16.9 Å². The third-order valence-electron chi connectivity index (χ3n) is 5.53. The van der Waals surface area contributed by atoms with Crippen molar-refractivity contribution in [3.63, 3.8) is 0 Å². The summed E-state index contributed by atoms with van der Waals surface area (Å²) in [7, 11) is 1.66. The molecule has 4 nitrogen and oxygen atoms in total. The van der Waals surface area contributed by atoms with E-state index in [0.717, 1.165) is 45.2 Å². The first kappa shape index (κ1) is 21.4. The molecule has 0 aliphatic rings. The smallest absolute Gasteiger partial charge is 0.142 e. The average molecular weight is 425 g/mol. The summed E-state index contributed by atoms with van der Waals surface area (Å²) < 4.78 is 7.57. The second-order valence-corrected chi connectivity index (χ2v) is 7.87. The second kappa shape index (κ2) is 9.56. The maximum atomic E-state index is 5.69. The molecule has 0 N–H and O–H groups in total. The normalized spacial score (nSPS) is 11.4. The van der Waals surface area contributed by atoms with E-state index in [1.54, 1.807) is 7.11 Å². The molecule has 0 amide bonds. The minimum absolute atomic E-state index is 0.387. The number of aryl methyl sites for hydroxylation is 1. The van der Waals surface area contributed by atoms with Gasteiger partial charge in [0.05, 0.1) is 18.5 Å². The van der Waals surface area contributed by atoms with E-state index in [2.05, 4.69) is 78.2 Å². The summed E-state index contributed by atoms with van der Waals surface area (Å²) in [6.45, 7) is 6.62. The summed E-state index contributed by atoms with van der Waals surface area (Å²) in [4.78, 5) is 5.69. The van der Waals surface area contributed by atoms with E-state index in [1.165, 1.54) is 5.56 Å². The lowest BCUT2D eigenvalue weighted by Crippen LogP contribution is -2.03. The largest absolute Gasteiger partial charge is 0.497 e. The van der Waals surface area contributed by atoms with Crippen molar-refractivity contribution in [2.24, 2.45) is 5.16 Å². The highest BCUT2D eigenvalue weighted by Crippen LogP contribution is 2.30. The molecule has 32 heavy (non-hydrogen) atoms. The maximum absolute atomic E-state index is 5.69. The number of methoxy groups -OCH3 is 1. The van der Waals surface area contributed by atoms with Gasteiger partial charge in [0, 0.05) is 16.9 Å². The molecule has 1 aromatic heterocycles. The van der Waals surface area contributed by atoms with Gasteiger partial charge in [-0.05, 0) is 67.8 Å². The number of ether oxygens (including phenoxy) is 1. The molecule has 0 spiro atoms. The van der Waals surface area contributed by atoms with E-state index < -0.39 is 0 Å². The Morgan fingerprint density at radius 2 is 1.66 bits per heavy atom. The zero-order valence-electron chi connectivity index (χ0n) is 19.0. The number of rotatable bonds is 7. The highest BCUT2D eigenvalue weighted by Gasteiger charge is 2.17. The number of benzene rings is 3. The molecule has 0 atom stereocenters. The third-order valence-corrected chi connectivity index (χ3v) is 5.53. The van der Waals surface area contributed by atoms with Gasteiger partial charge in [-0.2, -0.15) is 0 Å². The molecule has 4 aromatic rings. The molecule has 0 bridgehead atoms. The van der Waals surface area contributed by atoms with Gasteiger partial charge in [0.25, 0.3) is 0 Å². The Kier molecular flexibility index (Phi) is 6.41. The lowest BCUT2D eigenvalue weighted by atomic mass is 10.1. The zero-order chi connectivity index (χ0) is 22.5. The summed E-state index contributed by atoms with van der Waals surface area (Å²) in [6.07, 6.45) is 0. The molecule has 0 radical (unpaired) electrons. The van der Waals surface area contributed by atoms with Gasteiger partial charge in [0.1, 0.15) is 12.4 Å². The van der Waals surface area contributed by atoms with Gasteiger partial charge in [-0.15, -0.1) is 0 Å². The Morgan fingerprint density at radius 1 is 0.875 bits per heavy atom. The highest BCUT2D eigenvalue weighted by molar-refractivity contribution is 6.01. The SMILES string of the molecule is COc1cccc(CO/N=C(\C)c2cc(-c3ccccc3)n(-c3cccc(C)c3)c2C)c1. The molecule has 0 fully saturated rings. The number of hydrogen-bond donors (Lipinski definition) is 0. The van der Waals surface area contributed by atoms with Gasteiger partial charge in [0.2, 0.25) is 0 Å². The van der Waals surface area contributed by atoms with Crippen LogP contribution in [0.3, 0.4) is 0 Å². The van der Waals surface area contributed by atoms with Gasteiger partial charge >= 0.3 is 0 Å². The van der Waals surface area contributed by atoms with E-state index in [0.29, 0.717) is 6.61 Å². The molecule has 1 heterocycles. The number of nitrogens with zero attached hydrogens (tertiary/aromatic N) is 2. The van der Waals surface area contributed by atoms with Crippen molar-refractivity contribution in [3.05, 3.63) is 107 Å². The predicted octanol–water partition coefficient (Wildman–Crippen LogP) is 6.71. The summed E-state index contributed by atoms with van der Waals surface area (Å²) in [5.41, 5.74) is 8.70. The first-order valence-corrected chi connectivity index (χ1v) is 10.7. The molecule has 0 saturated heterocycles. The van der Waals surface area contributed by atoms with Crippen LogP contribution in [0, 0.1) is 13.8 Å². The van der Waals surface area contributed by atoms with Crippen LogP contribution in [0.1, 0.15) is 29.3 Å². The molecule has 4 heteroatoms. The van der Waals surface area contributed by atoms with Crippen molar-refractivity contribution in [1.29, 1.82) is 0 Å². The van der Waals surface area contributed by atoms with Crippen LogP contribution in [-0.2, 0) is 11.4 Å². The van der Waals surface area contributed by atoms with Gasteiger partial charge in [-0.25, -0.2) is 0 Å². The predicted molar refractivity (Wildman–Crippen MR) is 131 cm³/mol. The van der Waals surface area contributed by atoms with Crippen molar-refractivity contribution >= 4 is 5.71 Å². The van der Waals surface area contributed by atoms with Crippen molar-refractivity contribution in [2.45, 2.75) is 27.4 Å². The summed E-state index contributed by atoms with van der Waals surface area (Å²) in [6, 6.07) is 29.0. The molecule has 0 aliphatic carbocycles. The Hall–Kier alpha value is -3.79.